The van der Waals surface area contributed by atoms with Gasteiger partial charge in [0.15, 0.2) is 0 Å². The quantitative estimate of drug-likeness (QED) is 0.790. The van der Waals surface area contributed by atoms with Crippen molar-refractivity contribution in [2.45, 2.75) is 57.6 Å². The normalized spacial score (nSPS) is 20.5. The van der Waals surface area contributed by atoms with Crippen molar-refractivity contribution in [1.29, 1.82) is 0 Å². The van der Waals surface area contributed by atoms with Crippen molar-refractivity contribution in [2.75, 3.05) is 13.2 Å². The molecule has 0 aromatic heterocycles. The van der Waals surface area contributed by atoms with Crippen LogP contribution in [-0.4, -0.2) is 25.3 Å². The van der Waals surface area contributed by atoms with E-state index in [2.05, 4.69) is 59.4 Å². The molecule has 0 bridgehead atoms. The number of hydrogen-bond acceptors (Lipinski definition) is 2. The highest BCUT2D eigenvalue weighted by Gasteiger charge is 2.19. The lowest BCUT2D eigenvalue weighted by Crippen LogP contribution is -2.28. The number of ether oxygens (including phenoxy) is 1. The zero-order valence-electron chi connectivity index (χ0n) is 12.6. The van der Waals surface area contributed by atoms with Gasteiger partial charge in [-0.2, -0.15) is 0 Å². The van der Waals surface area contributed by atoms with Crippen LogP contribution in [0.2, 0.25) is 0 Å². The molecule has 2 nitrogen and oxygen atoms in total. The van der Waals surface area contributed by atoms with Crippen LogP contribution in [0.15, 0.2) is 28.7 Å². The lowest BCUT2D eigenvalue weighted by atomic mass is 9.92. The average molecular weight is 340 g/mol. The first-order chi connectivity index (χ1) is 9.65. The second-order valence-corrected chi connectivity index (χ2v) is 6.94. The monoisotopic (exact) mass is 339 g/mol. The van der Waals surface area contributed by atoms with Gasteiger partial charge in [0.1, 0.15) is 0 Å². The van der Waals surface area contributed by atoms with Crippen LogP contribution in [0.4, 0.5) is 0 Å². The van der Waals surface area contributed by atoms with Crippen LogP contribution in [-0.2, 0) is 4.74 Å². The van der Waals surface area contributed by atoms with Gasteiger partial charge < -0.3 is 10.1 Å². The Kier molecular flexibility index (Phi) is 6.53. The molecule has 1 heterocycles. The summed E-state index contributed by atoms with van der Waals surface area (Å²) in [5.74, 6) is 0.578. The molecule has 3 heteroatoms. The molecule has 1 aliphatic heterocycles. The number of nitrogens with one attached hydrogen (secondary N) is 1. The summed E-state index contributed by atoms with van der Waals surface area (Å²) in [6, 6.07) is 9.31. The number of benzene rings is 1. The second-order valence-electron chi connectivity index (χ2n) is 6.02. The lowest BCUT2D eigenvalue weighted by molar-refractivity contribution is 0.100. The van der Waals surface area contributed by atoms with E-state index < -0.39 is 0 Å². The van der Waals surface area contributed by atoms with Gasteiger partial charge in [0.25, 0.3) is 0 Å². The SMILES string of the molecule is CC(C)NCC(CCC1CCCO1)c1ccc(Br)cc1. The fraction of sp³-hybridized carbons (Fsp3) is 0.647. The Hall–Kier alpha value is -0.380. The first kappa shape index (κ1) is 16.0. The predicted octanol–water partition coefficient (Wildman–Crippen LogP) is 4.49. The maximum absolute atomic E-state index is 5.76. The fourth-order valence-corrected chi connectivity index (χ4v) is 3.02. The van der Waals surface area contributed by atoms with E-state index in [4.69, 9.17) is 4.74 Å². The molecule has 2 rings (SSSR count). The number of rotatable bonds is 7. The van der Waals surface area contributed by atoms with Crippen LogP contribution in [0.3, 0.4) is 0 Å². The number of hydrogen-bond donors (Lipinski definition) is 1. The van der Waals surface area contributed by atoms with Crippen LogP contribution >= 0.6 is 15.9 Å². The largest absolute Gasteiger partial charge is 0.378 e. The van der Waals surface area contributed by atoms with Crippen molar-refractivity contribution in [3.63, 3.8) is 0 Å². The Morgan fingerprint density at radius 3 is 2.65 bits per heavy atom. The molecule has 1 aliphatic rings. The molecule has 2 atom stereocenters. The zero-order valence-corrected chi connectivity index (χ0v) is 14.2. The van der Waals surface area contributed by atoms with E-state index in [-0.39, 0.29) is 0 Å². The molecular weight excluding hydrogens is 314 g/mol. The minimum absolute atomic E-state index is 0.493. The van der Waals surface area contributed by atoms with Crippen LogP contribution in [0.1, 0.15) is 51.0 Å². The first-order valence-corrected chi connectivity index (χ1v) is 8.55. The fourth-order valence-electron chi connectivity index (χ4n) is 2.76. The predicted molar refractivity (Wildman–Crippen MR) is 88.2 cm³/mol. The van der Waals surface area contributed by atoms with Crippen molar-refractivity contribution < 1.29 is 4.74 Å². The van der Waals surface area contributed by atoms with Gasteiger partial charge in [0.05, 0.1) is 6.10 Å². The standard InChI is InChI=1S/C17H26BrNO/c1-13(2)19-12-15(7-10-17-4-3-11-20-17)14-5-8-16(18)9-6-14/h5-6,8-9,13,15,17,19H,3-4,7,10-12H2,1-2H3. The third-order valence-corrected chi connectivity index (χ3v) is 4.50. The summed E-state index contributed by atoms with van der Waals surface area (Å²) in [7, 11) is 0. The van der Waals surface area contributed by atoms with Crippen molar-refractivity contribution >= 4 is 15.9 Å². The average Bonchev–Trinajstić information content (AvgIpc) is 2.93. The summed E-state index contributed by atoms with van der Waals surface area (Å²) in [5.41, 5.74) is 1.43. The van der Waals surface area contributed by atoms with E-state index >= 15 is 0 Å². The maximum atomic E-state index is 5.76. The molecule has 0 radical (unpaired) electrons. The molecule has 0 aliphatic carbocycles. The molecule has 0 saturated carbocycles. The Morgan fingerprint density at radius 2 is 2.05 bits per heavy atom. The molecule has 0 spiro atoms. The smallest absolute Gasteiger partial charge is 0.0576 e. The van der Waals surface area contributed by atoms with E-state index in [1.807, 2.05) is 0 Å². The highest BCUT2D eigenvalue weighted by molar-refractivity contribution is 9.10. The van der Waals surface area contributed by atoms with E-state index in [1.54, 1.807) is 0 Å². The van der Waals surface area contributed by atoms with Gasteiger partial charge in [0, 0.05) is 23.7 Å². The Labute approximate surface area is 131 Å². The topological polar surface area (TPSA) is 21.3 Å². The van der Waals surface area contributed by atoms with E-state index in [0.29, 0.717) is 18.1 Å². The Balaban J connectivity index is 1.93. The zero-order chi connectivity index (χ0) is 14.4. The molecule has 1 fully saturated rings. The van der Waals surface area contributed by atoms with Crippen molar-refractivity contribution in [3.8, 4) is 0 Å². The summed E-state index contributed by atoms with van der Waals surface area (Å²) in [5, 5.41) is 3.58. The molecule has 1 saturated heterocycles. The second kappa shape index (κ2) is 8.16. The molecule has 0 amide bonds. The molecule has 20 heavy (non-hydrogen) atoms. The van der Waals surface area contributed by atoms with Crippen molar-refractivity contribution in [3.05, 3.63) is 34.3 Å². The summed E-state index contributed by atoms with van der Waals surface area (Å²) in [4.78, 5) is 0. The molecule has 1 aromatic carbocycles. The third-order valence-electron chi connectivity index (χ3n) is 3.98. The van der Waals surface area contributed by atoms with Crippen LogP contribution < -0.4 is 5.32 Å². The summed E-state index contributed by atoms with van der Waals surface area (Å²) in [6.45, 7) is 6.42. The van der Waals surface area contributed by atoms with Crippen LogP contribution in [0.25, 0.3) is 0 Å². The van der Waals surface area contributed by atoms with Gasteiger partial charge in [-0.3, -0.25) is 0 Å². The summed E-state index contributed by atoms with van der Waals surface area (Å²) in [6.07, 6.45) is 5.35. The van der Waals surface area contributed by atoms with Crippen LogP contribution in [0, 0.1) is 0 Å². The Bertz CT molecular complexity index is 384. The minimum atomic E-state index is 0.493. The molecule has 2 unspecified atom stereocenters. The summed E-state index contributed by atoms with van der Waals surface area (Å²) < 4.78 is 6.91. The van der Waals surface area contributed by atoms with Gasteiger partial charge >= 0.3 is 0 Å². The molecule has 1 N–H and O–H groups in total. The molecule has 1 aromatic rings. The highest BCUT2D eigenvalue weighted by atomic mass is 79.9. The van der Waals surface area contributed by atoms with Gasteiger partial charge in [-0.15, -0.1) is 0 Å². The molecule has 112 valence electrons. The minimum Gasteiger partial charge on any atom is -0.378 e. The van der Waals surface area contributed by atoms with Gasteiger partial charge in [-0.05, 0) is 49.3 Å². The van der Waals surface area contributed by atoms with Crippen LogP contribution in [0.5, 0.6) is 0 Å². The Morgan fingerprint density at radius 1 is 1.30 bits per heavy atom. The van der Waals surface area contributed by atoms with Gasteiger partial charge in [-0.1, -0.05) is 41.9 Å². The van der Waals surface area contributed by atoms with Gasteiger partial charge in [0.2, 0.25) is 0 Å². The highest BCUT2D eigenvalue weighted by Crippen LogP contribution is 2.26. The van der Waals surface area contributed by atoms with E-state index in [1.165, 1.54) is 31.2 Å². The van der Waals surface area contributed by atoms with E-state index in [0.717, 1.165) is 17.6 Å². The van der Waals surface area contributed by atoms with Crippen molar-refractivity contribution in [2.24, 2.45) is 0 Å². The lowest BCUT2D eigenvalue weighted by Gasteiger charge is -2.21. The molecular formula is C17H26BrNO. The third kappa shape index (κ3) is 5.19. The first-order valence-electron chi connectivity index (χ1n) is 7.75. The maximum Gasteiger partial charge on any atom is 0.0576 e. The van der Waals surface area contributed by atoms with Crippen molar-refractivity contribution in [1.82, 2.24) is 5.32 Å². The number of halogens is 1. The van der Waals surface area contributed by atoms with Gasteiger partial charge in [-0.25, -0.2) is 0 Å². The summed E-state index contributed by atoms with van der Waals surface area (Å²) >= 11 is 3.51. The van der Waals surface area contributed by atoms with E-state index in [9.17, 15) is 0 Å².